The second-order valence-corrected chi connectivity index (χ2v) is 8.39. The average Bonchev–Trinajstić information content (AvgIpc) is 3.14. The number of nitrogens with zero attached hydrogens (tertiary/aromatic N) is 5. The summed E-state index contributed by atoms with van der Waals surface area (Å²) in [6.45, 7) is 2.60. The maximum atomic E-state index is 12.5. The summed E-state index contributed by atoms with van der Waals surface area (Å²) in [5.41, 5.74) is 1.05. The second-order valence-electron chi connectivity index (χ2n) is 8.39. The molecule has 1 aliphatic heterocycles. The maximum absolute atomic E-state index is 12.5. The monoisotopic (exact) mass is 400 g/mol. The van der Waals surface area contributed by atoms with Crippen LogP contribution < -0.4 is 15.8 Å². The molecule has 2 fully saturated rings. The lowest BCUT2D eigenvalue weighted by Gasteiger charge is -2.37. The van der Waals surface area contributed by atoms with Gasteiger partial charge in [-0.1, -0.05) is 12.8 Å². The third-order valence-corrected chi connectivity index (χ3v) is 6.21. The molecule has 8 heteroatoms. The number of rotatable bonds is 6. The van der Waals surface area contributed by atoms with Gasteiger partial charge < -0.3 is 15.3 Å². The summed E-state index contributed by atoms with van der Waals surface area (Å²) in [6, 6.07) is 3.59. The Morgan fingerprint density at radius 2 is 2.00 bits per heavy atom. The Hall–Kier alpha value is -2.19. The minimum Gasteiger partial charge on any atom is -0.391 e. The lowest BCUT2D eigenvalue weighted by molar-refractivity contribution is 0.0669. The smallest absolute Gasteiger partial charge is 0.267 e. The molecule has 0 spiro atoms. The zero-order valence-corrected chi connectivity index (χ0v) is 17.2. The van der Waals surface area contributed by atoms with Gasteiger partial charge in [-0.25, -0.2) is 4.68 Å². The molecule has 3 heterocycles. The quantitative estimate of drug-likeness (QED) is 0.766. The first-order chi connectivity index (χ1) is 14.1. The Morgan fingerprint density at radius 1 is 1.17 bits per heavy atom. The molecule has 8 nitrogen and oxygen atoms in total. The van der Waals surface area contributed by atoms with Crippen molar-refractivity contribution in [2.75, 3.05) is 18.0 Å². The molecular formula is C21H32N6O2. The van der Waals surface area contributed by atoms with E-state index in [2.05, 4.69) is 15.3 Å². The van der Waals surface area contributed by atoms with Gasteiger partial charge in [-0.3, -0.25) is 9.48 Å². The van der Waals surface area contributed by atoms with Crippen molar-refractivity contribution in [2.45, 2.75) is 69.7 Å². The zero-order valence-electron chi connectivity index (χ0n) is 17.2. The predicted octanol–water partition coefficient (Wildman–Crippen LogP) is 1.60. The summed E-state index contributed by atoms with van der Waals surface area (Å²) in [5, 5.41) is 22.9. The van der Waals surface area contributed by atoms with Crippen LogP contribution >= 0.6 is 0 Å². The third kappa shape index (κ3) is 4.70. The molecule has 2 aromatic rings. The van der Waals surface area contributed by atoms with Crippen LogP contribution in [0.5, 0.6) is 0 Å². The van der Waals surface area contributed by atoms with Crippen molar-refractivity contribution in [1.29, 1.82) is 0 Å². The van der Waals surface area contributed by atoms with Crippen LogP contribution in [0.25, 0.3) is 0 Å². The maximum Gasteiger partial charge on any atom is 0.267 e. The molecule has 0 bridgehead atoms. The number of aryl methyl sites for hydroxylation is 1. The molecule has 1 saturated carbocycles. The number of aliphatic hydroxyl groups is 1. The van der Waals surface area contributed by atoms with Crippen LogP contribution in [0.15, 0.2) is 29.3 Å². The second kappa shape index (κ2) is 9.09. The molecular weight excluding hydrogens is 368 g/mol. The van der Waals surface area contributed by atoms with Crippen molar-refractivity contribution in [3.8, 4) is 0 Å². The Kier molecular flexibility index (Phi) is 6.30. The van der Waals surface area contributed by atoms with E-state index in [1.165, 1.54) is 16.7 Å². The largest absolute Gasteiger partial charge is 0.391 e. The van der Waals surface area contributed by atoms with Gasteiger partial charge in [0.2, 0.25) is 0 Å². The predicted molar refractivity (Wildman–Crippen MR) is 112 cm³/mol. The molecule has 29 heavy (non-hydrogen) atoms. The van der Waals surface area contributed by atoms with Gasteiger partial charge in [0, 0.05) is 50.6 Å². The van der Waals surface area contributed by atoms with Crippen molar-refractivity contribution in [1.82, 2.24) is 24.9 Å². The highest BCUT2D eigenvalue weighted by atomic mass is 16.3. The van der Waals surface area contributed by atoms with E-state index in [-0.39, 0.29) is 11.6 Å². The molecule has 1 saturated heterocycles. The molecule has 3 atom stereocenters. The van der Waals surface area contributed by atoms with Crippen LogP contribution in [0.1, 0.15) is 56.6 Å². The third-order valence-electron chi connectivity index (χ3n) is 6.21. The first-order valence-electron chi connectivity index (χ1n) is 10.8. The van der Waals surface area contributed by atoms with Crippen molar-refractivity contribution >= 4 is 5.82 Å². The SMILES string of the molecule is Cn1cc(CNCC2CCCCN2c2ccc(=O)n(C3CCCCC3O)n2)cn1. The van der Waals surface area contributed by atoms with E-state index >= 15 is 0 Å². The molecule has 2 aliphatic rings. The van der Waals surface area contributed by atoms with Gasteiger partial charge in [0.1, 0.15) is 5.82 Å². The first kappa shape index (κ1) is 20.1. The van der Waals surface area contributed by atoms with Crippen LogP contribution in [0.4, 0.5) is 5.82 Å². The number of nitrogens with one attached hydrogen (secondary N) is 1. The Bertz CT molecular complexity index is 863. The Labute approximate surface area is 171 Å². The molecule has 0 aromatic carbocycles. The molecule has 4 rings (SSSR count). The molecule has 1 aliphatic carbocycles. The molecule has 0 amide bonds. The Balaban J connectivity index is 1.47. The molecule has 2 aromatic heterocycles. The van der Waals surface area contributed by atoms with Gasteiger partial charge in [0.15, 0.2) is 0 Å². The van der Waals surface area contributed by atoms with E-state index < -0.39 is 6.10 Å². The van der Waals surface area contributed by atoms with Crippen molar-refractivity contribution in [3.63, 3.8) is 0 Å². The summed E-state index contributed by atoms with van der Waals surface area (Å²) < 4.78 is 3.35. The summed E-state index contributed by atoms with van der Waals surface area (Å²) in [5.74, 6) is 0.843. The molecule has 2 N–H and O–H groups in total. The van der Waals surface area contributed by atoms with E-state index in [9.17, 15) is 9.90 Å². The van der Waals surface area contributed by atoms with Crippen molar-refractivity contribution in [2.24, 2.45) is 7.05 Å². The van der Waals surface area contributed by atoms with Crippen LogP contribution in [0, 0.1) is 0 Å². The highest BCUT2D eigenvalue weighted by molar-refractivity contribution is 5.39. The van der Waals surface area contributed by atoms with Gasteiger partial charge in [0.25, 0.3) is 5.56 Å². The van der Waals surface area contributed by atoms with Gasteiger partial charge >= 0.3 is 0 Å². The summed E-state index contributed by atoms with van der Waals surface area (Å²) in [7, 11) is 1.93. The standard InChI is InChI=1S/C21H32N6O2/c1-25-15-16(13-23-25)12-22-14-17-6-4-5-11-26(17)20-9-10-21(29)27(24-20)18-7-2-3-8-19(18)28/h9-10,13,15,17-19,22,28H,2-8,11-12,14H2,1H3. The minimum absolute atomic E-state index is 0.122. The van der Waals surface area contributed by atoms with Crippen LogP contribution in [0.3, 0.4) is 0 Å². The topological polar surface area (TPSA) is 88.2 Å². The van der Waals surface area contributed by atoms with E-state index in [4.69, 9.17) is 5.10 Å². The highest BCUT2D eigenvalue weighted by Crippen LogP contribution is 2.28. The number of hydrogen-bond acceptors (Lipinski definition) is 6. The molecule has 158 valence electrons. The summed E-state index contributed by atoms with van der Waals surface area (Å²) in [6.07, 6.45) is 10.5. The van der Waals surface area contributed by atoms with Crippen LogP contribution in [0.2, 0.25) is 0 Å². The van der Waals surface area contributed by atoms with E-state index in [1.54, 1.807) is 6.07 Å². The highest BCUT2D eigenvalue weighted by Gasteiger charge is 2.28. The average molecular weight is 401 g/mol. The number of aliphatic hydroxyl groups excluding tert-OH is 1. The van der Waals surface area contributed by atoms with Crippen LogP contribution in [-0.4, -0.2) is 49.9 Å². The number of piperidine rings is 1. The van der Waals surface area contributed by atoms with Gasteiger partial charge in [-0.2, -0.15) is 10.2 Å². The molecule has 3 unspecified atom stereocenters. The van der Waals surface area contributed by atoms with Gasteiger partial charge in [-0.15, -0.1) is 0 Å². The Morgan fingerprint density at radius 3 is 2.79 bits per heavy atom. The summed E-state index contributed by atoms with van der Waals surface area (Å²) >= 11 is 0. The first-order valence-corrected chi connectivity index (χ1v) is 10.8. The van der Waals surface area contributed by atoms with E-state index in [0.717, 1.165) is 64.0 Å². The fraction of sp³-hybridized carbons (Fsp3) is 0.667. The van der Waals surface area contributed by atoms with Crippen molar-refractivity contribution in [3.05, 3.63) is 40.4 Å². The zero-order chi connectivity index (χ0) is 20.2. The van der Waals surface area contributed by atoms with Crippen LogP contribution in [-0.2, 0) is 13.6 Å². The minimum atomic E-state index is -0.484. The number of aromatic nitrogens is 4. The number of hydrogen-bond donors (Lipinski definition) is 2. The van der Waals surface area contributed by atoms with Gasteiger partial charge in [-0.05, 0) is 38.2 Å². The van der Waals surface area contributed by atoms with Crippen molar-refractivity contribution < 1.29 is 5.11 Å². The number of anilines is 1. The normalized spacial score (nSPS) is 25.3. The lowest BCUT2D eigenvalue weighted by atomic mass is 9.93. The fourth-order valence-electron chi connectivity index (χ4n) is 4.64. The fourth-order valence-corrected chi connectivity index (χ4v) is 4.64. The lowest BCUT2D eigenvalue weighted by Crippen LogP contribution is -2.47. The van der Waals surface area contributed by atoms with E-state index in [0.29, 0.717) is 6.04 Å². The summed E-state index contributed by atoms with van der Waals surface area (Å²) in [4.78, 5) is 14.8. The van der Waals surface area contributed by atoms with Gasteiger partial charge in [0.05, 0.1) is 18.3 Å². The van der Waals surface area contributed by atoms with E-state index in [1.807, 2.05) is 30.2 Å². The molecule has 0 radical (unpaired) electrons.